The van der Waals surface area contributed by atoms with Gasteiger partial charge < -0.3 is 20.5 Å². The van der Waals surface area contributed by atoms with Crippen molar-refractivity contribution in [1.29, 1.82) is 0 Å². The van der Waals surface area contributed by atoms with E-state index in [2.05, 4.69) is 21.1 Å². The Morgan fingerprint density at radius 3 is 2.36 bits per heavy atom. The zero-order valence-electron chi connectivity index (χ0n) is 21.7. The Balaban J connectivity index is 1.49. The van der Waals surface area contributed by atoms with E-state index in [-0.39, 0.29) is 11.6 Å². The van der Waals surface area contributed by atoms with Crippen molar-refractivity contribution in [2.45, 2.75) is 30.9 Å². The van der Waals surface area contributed by atoms with Crippen LogP contribution in [-0.4, -0.2) is 28.1 Å². The predicted octanol–water partition coefficient (Wildman–Crippen LogP) is 5.82. The van der Waals surface area contributed by atoms with E-state index in [4.69, 9.17) is 4.52 Å². The smallest absolute Gasteiger partial charge is 0.272 e. The van der Waals surface area contributed by atoms with Crippen LogP contribution in [0.5, 0.6) is 0 Å². The van der Waals surface area contributed by atoms with Gasteiger partial charge in [0, 0.05) is 22.2 Å². The van der Waals surface area contributed by atoms with Crippen molar-refractivity contribution in [3.63, 3.8) is 0 Å². The first kappa shape index (κ1) is 27.4. The molecule has 1 heterocycles. The molecule has 1 aromatic heterocycles. The molecule has 0 spiro atoms. The number of carbonyl (C=O) groups excluding carboxylic acids is 3. The molecule has 3 aromatic carbocycles. The summed E-state index contributed by atoms with van der Waals surface area (Å²) in [5.41, 5.74) is 2.83. The molecule has 198 valence electrons. The fraction of sp³-hybridized carbons (Fsp3) is 0.133. The zero-order valence-corrected chi connectivity index (χ0v) is 22.5. The molecule has 0 bridgehead atoms. The van der Waals surface area contributed by atoms with Gasteiger partial charge in [0.15, 0.2) is 5.82 Å². The largest absolute Gasteiger partial charge is 0.360 e. The van der Waals surface area contributed by atoms with Crippen molar-refractivity contribution < 1.29 is 18.9 Å². The van der Waals surface area contributed by atoms with Crippen LogP contribution in [0.25, 0.3) is 6.08 Å². The van der Waals surface area contributed by atoms with Gasteiger partial charge in [-0.25, -0.2) is 0 Å². The maximum atomic E-state index is 13.4. The van der Waals surface area contributed by atoms with E-state index in [0.29, 0.717) is 22.8 Å². The van der Waals surface area contributed by atoms with Gasteiger partial charge >= 0.3 is 0 Å². The second-order valence-electron chi connectivity index (χ2n) is 8.79. The lowest BCUT2D eigenvalue weighted by atomic mass is 10.1. The average molecular weight is 541 g/mol. The third-order valence-corrected chi connectivity index (χ3v) is 6.76. The molecule has 39 heavy (non-hydrogen) atoms. The molecule has 9 heteroatoms. The van der Waals surface area contributed by atoms with Gasteiger partial charge in [-0.2, -0.15) is 0 Å². The summed E-state index contributed by atoms with van der Waals surface area (Å²) in [7, 11) is 0. The highest BCUT2D eigenvalue weighted by Gasteiger charge is 2.18. The van der Waals surface area contributed by atoms with Crippen LogP contribution in [0.1, 0.15) is 34.2 Å². The second kappa shape index (κ2) is 12.7. The summed E-state index contributed by atoms with van der Waals surface area (Å²) in [4.78, 5) is 39.6. The van der Waals surface area contributed by atoms with Gasteiger partial charge in [0.1, 0.15) is 11.5 Å². The molecule has 0 saturated carbocycles. The van der Waals surface area contributed by atoms with E-state index in [1.165, 1.54) is 11.8 Å². The van der Waals surface area contributed by atoms with Gasteiger partial charge in [-0.15, -0.1) is 11.8 Å². The highest BCUT2D eigenvalue weighted by atomic mass is 32.2. The Morgan fingerprint density at radius 1 is 0.897 bits per heavy atom. The summed E-state index contributed by atoms with van der Waals surface area (Å²) < 4.78 is 4.99. The van der Waals surface area contributed by atoms with Crippen molar-refractivity contribution >= 4 is 47.1 Å². The topological polar surface area (TPSA) is 113 Å². The number of rotatable bonds is 9. The SMILES string of the molecule is Cc1cc(NC(=O)C(C)Sc2cccc(NC(=O)/C(=C/c3ccccc3C)NC(=O)c3ccccc3)c2)no1. The van der Waals surface area contributed by atoms with E-state index in [1.54, 1.807) is 68.5 Å². The van der Waals surface area contributed by atoms with Gasteiger partial charge in [-0.05, 0) is 68.3 Å². The Morgan fingerprint density at radius 2 is 1.64 bits per heavy atom. The fourth-order valence-electron chi connectivity index (χ4n) is 3.60. The molecule has 0 fully saturated rings. The normalized spacial score (nSPS) is 11.9. The number of carbonyl (C=O) groups is 3. The van der Waals surface area contributed by atoms with Gasteiger partial charge in [0.05, 0.1) is 5.25 Å². The minimum Gasteiger partial charge on any atom is -0.360 e. The van der Waals surface area contributed by atoms with E-state index >= 15 is 0 Å². The monoisotopic (exact) mass is 540 g/mol. The number of thioether (sulfide) groups is 1. The fourth-order valence-corrected chi connectivity index (χ4v) is 4.53. The van der Waals surface area contributed by atoms with Crippen LogP contribution < -0.4 is 16.0 Å². The van der Waals surface area contributed by atoms with E-state index in [0.717, 1.165) is 16.0 Å². The number of aromatic nitrogens is 1. The van der Waals surface area contributed by atoms with Crippen LogP contribution in [0.2, 0.25) is 0 Å². The van der Waals surface area contributed by atoms with Crippen molar-refractivity contribution in [3.05, 3.63) is 113 Å². The summed E-state index contributed by atoms with van der Waals surface area (Å²) in [6, 6.07) is 25.1. The molecule has 4 rings (SSSR count). The van der Waals surface area contributed by atoms with Crippen LogP contribution in [0.4, 0.5) is 11.5 Å². The van der Waals surface area contributed by atoms with E-state index in [1.807, 2.05) is 43.3 Å². The van der Waals surface area contributed by atoms with Gasteiger partial charge in [-0.1, -0.05) is 53.7 Å². The molecule has 3 amide bonds. The average Bonchev–Trinajstić information content (AvgIpc) is 3.34. The molecule has 0 aliphatic heterocycles. The summed E-state index contributed by atoms with van der Waals surface area (Å²) in [5.74, 6) is -0.134. The first-order valence-corrected chi connectivity index (χ1v) is 13.1. The summed E-state index contributed by atoms with van der Waals surface area (Å²) >= 11 is 1.33. The van der Waals surface area contributed by atoms with E-state index in [9.17, 15) is 14.4 Å². The van der Waals surface area contributed by atoms with Gasteiger partial charge in [-0.3, -0.25) is 14.4 Å². The van der Waals surface area contributed by atoms with Crippen molar-refractivity contribution in [1.82, 2.24) is 10.5 Å². The lowest BCUT2D eigenvalue weighted by molar-refractivity contribution is -0.115. The Labute approximate surface area is 230 Å². The Bertz CT molecular complexity index is 1510. The van der Waals surface area contributed by atoms with Crippen LogP contribution >= 0.6 is 11.8 Å². The molecule has 1 unspecified atom stereocenters. The third kappa shape index (κ3) is 7.68. The number of amides is 3. The van der Waals surface area contributed by atoms with Crippen molar-refractivity contribution in [3.8, 4) is 0 Å². The molecule has 4 aromatic rings. The standard InChI is InChI=1S/C30H28N4O4S/c1-19-10-7-8-13-23(19)17-26(32-29(36)22-11-5-4-6-12-22)30(37)31-24-14-9-15-25(18-24)39-21(3)28(35)33-27-16-20(2)38-34-27/h4-18,21H,1-3H3,(H,31,37)(H,32,36)(H,33,34,35)/b26-17-. The van der Waals surface area contributed by atoms with Crippen molar-refractivity contribution in [2.24, 2.45) is 0 Å². The summed E-state index contributed by atoms with van der Waals surface area (Å²) in [5, 5.41) is 11.7. The second-order valence-corrected chi connectivity index (χ2v) is 10.2. The van der Waals surface area contributed by atoms with Crippen LogP contribution in [0.3, 0.4) is 0 Å². The van der Waals surface area contributed by atoms with Crippen LogP contribution in [-0.2, 0) is 9.59 Å². The first-order chi connectivity index (χ1) is 18.8. The molecule has 8 nitrogen and oxygen atoms in total. The number of hydrogen-bond acceptors (Lipinski definition) is 6. The maximum Gasteiger partial charge on any atom is 0.272 e. The number of nitrogens with one attached hydrogen (secondary N) is 3. The molecule has 0 aliphatic rings. The predicted molar refractivity (Wildman–Crippen MR) is 153 cm³/mol. The molecule has 1 atom stereocenters. The number of anilines is 2. The van der Waals surface area contributed by atoms with Gasteiger partial charge in [0.2, 0.25) is 5.91 Å². The molecule has 3 N–H and O–H groups in total. The number of nitrogens with zero attached hydrogens (tertiary/aromatic N) is 1. The maximum absolute atomic E-state index is 13.4. The summed E-state index contributed by atoms with van der Waals surface area (Å²) in [6.07, 6.45) is 1.65. The highest BCUT2D eigenvalue weighted by Crippen LogP contribution is 2.27. The molecular formula is C30H28N4O4S. The Hall–Kier alpha value is -4.63. The molecular weight excluding hydrogens is 512 g/mol. The van der Waals surface area contributed by atoms with Crippen LogP contribution in [0.15, 0.2) is 100 Å². The van der Waals surface area contributed by atoms with Gasteiger partial charge in [0.25, 0.3) is 11.8 Å². The molecule has 0 aliphatic carbocycles. The number of benzene rings is 3. The number of aryl methyl sites for hydroxylation is 2. The molecule has 0 saturated heterocycles. The third-order valence-electron chi connectivity index (χ3n) is 5.67. The Kier molecular flexibility index (Phi) is 8.96. The van der Waals surface area contributed by atoms with E-state index < -0.39 is 17.1 Å². The van der Waals surface area contributed by atoms with Crippen LogP contribution in [0, 0.1) is 13.8 Å². The quantitative estimate of drug-likeness (QED) is 0.182. The highest BCUT2D eigenvalue weighted by molar-refractivity contribution is 8.00. The lowest BCUT2D eigenvalue weighted by Crippen LogP contribution is -2.30. The minimum absolute atomic E-state index is 0.104. The minimum atomic E-state index is -0.475. The number of hydrogen-bond donors (Lipinski definition) is 3. The first-order valence-electron chi connectivity index (χ1n) is 12.2. The molecule has 0 radical (unpaired) electrons. The summed E-state index contributed by atoms with van der Waals surface area (Å²) in [6.45, 7) is 5.46. The zero-order chi connectivity index (χ0) is 27.8. The lowest BCUT2D eigenvalue weighted by Gasteiger charge is -2.14. The van der Waals surface area contributed by atoms with Crippen molar-refractivity contribution in [2.75, 3.05) is 10.6 Å².